The van der Waals surface area contributed by atoms with Crippen molar-refractivity contribution in [3.8, 4) is 11.5 Å². The molecule has 4 nitrogen and oxygen atoms in total. The van der Waals surface area contributed by atoms with E-state index in [4.69, 9.17) is 27.9 Å². The van der Waals surface area contributed by atoms with Crippen LogP contribution in [0.25, 0.3) is 0 Å². The number of carbonyl (C=O) groups is 1. The molecule has 1 N–H and O–H groups in total. The second kappa shape index (κ2) is 10.3. The molecule has 0 aliphatic carbocycles. The molecule has 1 heterocycles. The first-order valence-corrected chi connectivity index (χ1v) is 11.5. The second-order valence-electron chi connectivity index (χ2n) is 8.04. The molecule has 0 bridgehead atoms. The highest BCUT2D eigenvalue weighted by Crippen LogP contribution is 2.34. The molecular weight excluding hydrogens is 445 g/mol. The molecule has 32 heavy (non-hydrogen) atoms. The van der Waals surface area contributed by atoms with Crippen LogP contribution in [0.15, 0.2) is 72.8 Å². The van der Waals surface area contributed by atoms with Crippen LogP contribution < -0.4 is 4.74 Å². The summed E-state index contributed by atoms with van der Waals surface area (Å²) in [6, 6.07) is 22.2. The van der Waals surface area contributed by atoms with Crippen LogP contribution in [-0.4, -0.2) is 35.1 Å². The van der Waals surface area contributed by atoms with Crippen molar-refractivity contribution in [3.05, 3.63) is 94.0 Å². The Bertz CT molecular complexity index is 1070. The largest absolute Gasteiger partial charge is 0.508 e. The third-order valence-electron chi connectivity index (χ3n) is 5.86. The number of likely N-dealkylation sites (tertiary alicyclic amines) is 1. The van der Waals surface area contributed by atoms with Gasteiger partial charge in [-0.25, -0.2) is 0 Å². The molecule has 6 heteroatoms. The lowest BCUT2D eigenvalue weighted by atomic mass is 9.87. The Morgan fingerprint density at radius 1 is 1.03 bits per heavy atom. The Balaban J connectivity index is 1.48. The van der Waals surface area contributed by atoms with Crippen LogP contribution in [0.5, 0.6) is 11.5 Å². The van der Waals surface area contributed by atoms with E-state index in [9.17, 15) is 9.90 Å². The Kier molecular flexibility index (Phi) is 7.23. The van der Waals surface area contributed by atoms with E-state index < -0.39 is 0 Å². The SMILES string of the molecule is O=C(CCc1ccc(O)cc1)N1CCC(Oc2ccccc2Cl)C(c2cccc(Cl)c2)C1. The zero-order valence-corrected chi connectivity index (χ0v) is 19.1. The summed E-state index contributed by atoms with van der Waals surface area (Å²) < 4.78 is 6.32. The molecule has 2 unspecified atom stereocenters. The minimum absolute atomic E-state index is 0.0173. The van der Waals surface area contributed by atoms with Crippen molar-refractivity contribution in [1.29, 1.82) is 0 Å². The van der Waals surface area contributed by atoms with Gasteiger partial charge in [0.15, 0.2) is 0 Å². The van der Waals surface area contributed by atoms with Crippen molar-refractivity contribution in [2.45, 2.75) is 31.3 Å². The van der Waals surface area contributed by atoms with Crippen LogP contribution in [0.4, 0.5) is 0 Å². The quantitative estimate of drug-likeness (QED) is 0.474. The van der Waals surface area contributed by atoms with Crippen molar-refractivity contribution in [2.75, 3.05) is 13.1 Å². The first-order valence-electron chi connectivity index (χ1n) is 10.7. The van der Waals surface area contributed by atoms with E-state index in [2.05, 4.69) is 0 Å². The van der Waals surface area contributed by atoms with Gasteiger partial charge in [0.25, 0.3) is 0 Å². The van der Waals surface area contributed by atoms with Gasteiger partial charge >= 0.3 is 0 Å². The van der Waals surface area contributed by atoms with Crippen molar-refractivity contribution in [1.82, 2.24) is 4.90 Å². The van der Waals surface area contributed by atoms with Gasteiger partial charge in [-0.2, -0.15) is 0 Å². The summed E-state index contributed by atoms with van der Waals surface area (Å²) in [7, 11) is 0. The molecular formula is C26H25Cl2NO3. The summed E-state index contributed by atoms with van der Waals surface area (Å²) in [6.07, 6.45) is 1.64. The number of piperidine rings is 1. The lowest BCUT2D eigenvalue weighted by molar-refractivity contribution is -0.133. The molecule has 3 aromatic rings. The maximum atomic E-state index is 13.0. The summed E-state index contributed by atoms with van der Waals surface area (Å²) in [5.74, 6) is 0.973. The minimum Gasteiger partial charge on any atom is -0.508 e. The molecule has 1 aliphatic heterocycles. The van der Waals surface area contributed by atoms with Gasteiger partial charge < -0.3 is 14.7 Å². The molecule has 1 aliphatic rings. The number of rotatable bonds is 6. The Morgan fingerprint density at radius 3 is 2.56 bits per heavy atom. The van der Waals surface area contributed by atoms with E-state index in [1.807, 2.05) is 65.6 Å². The Labute approximate surface area is 198 Å². The maximum Gasteiger partial charge on any atom is 0.222 e. The highest BCUT2D eigenvalue weighted by Gasteiger charge is 2.34. The number of amides is 1. The molecule has 3 aromatic carbocycles. The Hall–Kier alpha value is -2.69. The number of halogens is 2. The van der Waals surface area contributed by atoms with E-state index in [1.54, 1.807) is 12.1 Å². The van der Waals surface area contributed by atoms with Crippen molar-refractivity contribution in [3.63, 3.8) is 0 Å². The fourth-order valence-corrected chi connectivity index (χ4v) is 4.51. The van der Waals surface area contributed by atoms with Gasteiger partial charge in [0.05, 0.1) is 5.02 Å². The first kappa shape index (κ1) is 22.5. The number of hydrogen-bond acceptors (Lipinski definition) is 3. The summed E-state index contributed by atoms with van der Waals surface area (Å²) in [6.45, 7) is 1.18. The number of aryl methyl sites for hydroxylation is 1. The number of nitrogens with zero attached hydrogens (tertiary/aromatic N) is 1. The van der Waals surface area contributed by atoms with Gasteiger partial charge in [-0.05, 0) is 53.9 Å². The van der Waals surface area contributed by atoms with Gasteiger partial charge in [-0.3, -0.25) is 4.79 Å². The molecule has 1 amide bonds. The van der Waals surface area contributed by atoms with Crippen molar-refractivity contribution >= 4 is 29.1 Å². The first-order chi connectivity index (χ1) is 15.5. The predicted molar refractivity (Wildman–Crippen MR) is 128 cm³/mol. The molecule has 0 aromatic heterocycles. The normalized spacial score (nSPS) is 18.4. The molecule has 0 radical (unpaired) electrons. The fourth-order valence-electron chi connectivity index (χ4n) is 4.13. The van der Waals surface area contributed by atoms with E-state index in [0.29, 0.717) is 48.1 Å². The Morgan fingerprint density at radius 2 is 1.81 bits per heavy atom. The molecule has 1 fully saturated rings. The minimum atomic E-state index is -0.116. The molecule has 2 atom stereocenters. The van der Waals surface area contributed by atoms with Crippen LogP contribution in [0, 0.1) is 0 Å². The lowest BCUT2D eigenvalue weighted by Crippen LogP contribution is -2.46. The maximum absolute atomic E-state index is 13.0. The summed E-state index contributed by atoms with van der Waals surface area (Å²) >= 11 is 12.6. The van der Waals surface area contributed by atoms with Gasteiger partial charge in [0.2, 0.25) is 5.91 Å². The van der Waals surface area contributed by atoms with Crippen LogP contribution in [-0.2, 0) is 11.2 Å². The number of benzene rings is 3. The average molecular weight is 470 g/mol. The van der Waals surface area contributed by atoms with Crippen molar-refractivity contribution in [2.24, 2.45) is 0 Å². The zero-order valence-electron chi connectivity index (χ0n) is 17.6. The van der Waals surface area contributed by atoms with Gasteiger partial charge in [0, 0.05) is 36.9 Å². The van der Waals surface area contributed by atoms with Gasteiger partial charge in [0.1, 0.15) is 17.6 Å². The average Bonchev–Trinajstić information content (AvgIpc) is 2.80. The number of phenols is 1. The molecule has 0 saturated carbocycles. The van der Waals surface area contributed by atoms with E-state index >= 15 is 0 Å². The van der Waals surface area contributed by atoms with Crippen molar-refractivity contribution < 1.29 is 14.6 Å². The number of carbonyl (C=O) groups excluding carboxylic acids is 1. The number of para-hydroxylation sites is 1. The summed E-state index contributed by atoms with van der Waals surface area (Å²) in [5.41, 5.74) is 2.07. The lowest BCUT2D eigenvalue weighted by Gasteiger charge is -2.39. The second-order valence-corrected chi connectivity index (χ2v) is 8.89. The number of phenolic OH excluding ortho intramolecular Hbond substituents is 1. The van der Waals surface area contributed by atoms with E-state index in [0.717, 1.165) is 11.1 Å². The van der Waals surface area contributed by atoms with Crippen LogP contribution >= 0.6 is 23.2 Å². The van der Waals surface area contributed by atoms with Crippen LogP contribution in [0.3, 0.4) is 0 Å². The highest BCUT2D eigenvalue weighted by atomic mass is 35.5. The molecule has 1 saturated heterocycles. The van der Waals surface area contributed by atoms with Crippen LogP contribution in [0.2, 0.25) is 10.0 Å². The standard InChI is InChI=1S/C26H25Cl2NO3/c27-20-5-3-4-19(16-20)22-17-29(26(31)13-10-18-8-11-21(30)12-9-18)15-14-24(22)32-25-7-2-1-6-23(25)28/h1-9,11-12,16,22,24,30H,10,13-15,17H2. The number of aromatic hydroxyl groups is 1. The zero-order chi connectivity index (χ0) is 22.5. The van der Waals surface area contributed by atoms with Gasteiger partial charge in [-0.1, -0.05) is 59.6 Å². The smallest absolute Gasteiger partial charge is 0.222 e. The third kappa shape index (κ3) is 5.56. The molecule has 4 rings (SSSR count). The number of hydrogen-bond donors (Lipinski definition) is 1. The highest BCUT2D eigenvalue weighted by molar-refractivity contribution is 6.32. The summed E-state index contributed by atoms with van der Waals surface area (Å²) in [5, 5.41) is 10.7. The summed E-state index contributed by atoms with van der Waals surface area (Å²) in [4.78, 5) is 14.9. The fraction of sp³-hybridized carbons (Fsp3) is 0.269. The number of ether oxygens (including phenoxy) is 1. The topological polar surface area (TPSA) is 49.8 Å². The van der Waals surface area contributed by atoms with Crippen LogP contribution in [0.1, 0.15) is 29.9 Å². The molecule has 166 valence electrons. The van der Waals surface area contributed by atoms with Gasteiger partial charge in [-0.15, -0.1) is 0 Å². The third-order valence-corrected chi connectivity index (χ3v) is 6.41. The predicted octanol–water partition coefficient (Wildman–Crippen LogP) is 6.10. The molecule has 0 spiro atoms. The monoisotopic (exact) mass is 469 g/mol. The van der Waals surface area contributed by atoms with E-state index in [-0.39, 0.29) is 23.7 Å². The van der Waals surface area contributed by atoms with E-state index in [1.165, 1.54) is 0 Å².